The summed E-state index contributed by atoms with van der Waals surface area (Å²) in [5, 5.41) is 2.39. The molecule has 0 saturated carbocycles. The minimum atomic E-state index is -5.01. The second-order valence-electron chi connectivity index (χ2n) is 5.54. The molecule has 2 amide bonds. The number of anilines is 1. The highest BCUT2D eigenvalue weighted by molar-refractivity contribution is 7.82. The number of nitrogens with one attached hydrogen (secondary N) is 1. The van der Waals surface area contributed by atoms with Crippen LogP contribution in [-0.4, -0.2) is 12.6 Å². The summed E-state index contributed by atoms with van der Waals surface area (Å²) in [4.78, 5) is 12.0. The Morgan fingerprint density at radius 2 is 1.44 bits per heavy atom. The smallest absolute Gasteiger partial charge is 0.337 e. The van der Waals surface area contributed by atoms with E-state index in [9.17, 15) is 31.1 Å². The Labute approximate surface area is 156 Å². The van der Waals surface area contributed by atoms with E-state index in [1.54, 1.807) is 12.1 Å². The van der Waals surface area contributed by atoms with E-state index in [1.165, 1.54) is 0 Å². The van der Waals surface area contributed by atoms with Gasteiger partial charge in [0.1, 0.15) is 0 Å². The van der Waals surface area contributed by atoms with Crippen molar-refractivity contribution in [1.29, 1.82) is 0 Å². The molecule has 0 saturated heterocycles. The van der Waals surface area contributed by atoms with Gasteiger partial charge >= 0.3 is 18.4 Å². The summed E-state index contributed by atoms with van der Waals surface area (Å²) in [6.45, 7) is 0.130. The minimum absolute atomic E-state index is 0.0155. The molecule has 0 heterocycles. The maximum absolute atomic E-state index is 12.9. The molecule has 0 aliphatic rings. The molecule has 10 heteroatoms. The molecule has 0 spiro atoms. The van der Waals surface area contributed by atoms with E-state index < -0.39 is 35.2 Å². The predicted octanol–water partition coefficient (Wildman–Crippen LogP) is 5.33. The van der Waals surface area contributed by atoms with E-state index in [0.717, 1.165) is 5.56 Å². The van der Waals surface area contributed by atoms with Crippen LogP contribution >= 0.6 is 12.8 Å². The molecule has 2 aromatic carbocycles. The molecule has 0 fully saturated rings. The summed E-state index contributed by atoms with van der Waals surface area (Å²) in [7, 11) is 0. The van der Waals surface area contributed by atoms with Gasteiger partial charge in [-0.25, -0.2) is 9.10 Å². The fraction of sp³-hybridized carbons (Fsp3) is 0.235. The lowest BCUT2D eigenvalue weighted by Gasteiger charge is -2.20. The Morgan fingerprint density at radius 3 is 1.93 bits per heavy atom. The second kappa shape index (κ2) is 8.12. The lowest BCUT2D eigenvalue weighted by atomic mass is 10.1. The van der Waals surface area contributed by atoms with E-state index in [1.807, 2.05) is 18.2 Å². The van der Waals surface area contributed by atoms with E-state index >= 15 is 0 Å². The second-order valence-corrected chi connectivity index (χ2v) is 5.94. The molecule has 2 rings (SSSR count). The number of halogens is 6. The summed E-state index contributed by atoms with van der Waals surface area (Å²) < 4.78 is 77.7. The number of hydrogen-bond donors (Lipinski definition) is 2. The Kier molecular flexibility index (Phi) is 6.30. The normalized spacial score (nSPS) is 12.0. The van der Waals surface area contributed by atoms with Crippen molar-refractivity contribution in [3.8, 4) is 0 Å². The van der Waals surface area contributed by atoms with Crippen LogP contribution in [0.2, 0.25) is 0 Å². The van der Waals surface area contributed by atoms with Gasteiger partial charge in [-0.15, -0.1) is 0 Å². The maximum Gasteiger partial charge on any atom is 0.416 e. The van der Waals surface area contributed by atoms with Crippen LogP contribution < -0.4 is 9.62 Å². The zero-order chi connectivity index (χ0) is 20.2. The number of alkyl halides is 6. The third-order valence-corrected chi connectivity index (χ3v) is 3.95. The maximum atomic E-state index is 12.9. The number of carbonyl (C=O) groups is 1. The van der Waals surface area contributed by atoms with Gasteiger partial charge in [0.15, 0.2) is 0 Å². The molecule has 27 heavy (non-hydrogen) atoms. The summed E-state index contributed by atoms with van der Waals surface area (Å²) >= 11 is 3.75. The number of benzene rings is 2. The van der Waals surface area contributed by atoms with Crippen molar-refractivity contribution in [2.45, 2.75) is 18.8 Å². The molecule has 1 N–H and O–H groups in total. The number of thiol groups is 1. The molecular formula is C17H14F6N2OS. The SMILES string of the molecule is O=C(NCCc1ccccc1)N(S)c1cc(C(F)(F)F)cc(C(F)(F)F)c1. The average molecular weight is 408 g/mol. The van der Waals surface area contributed by atoms with Gasteiger partial charge in [0.05, 0.1) is 16.8 Å². The van der Waals surface area contributed by atoms with Crippen molar-refractivity contribution in [3.63, 3.8) is 0 Å². The zero-order valence-corrected chi connectivity index (χ0v) is 14.5. The third-order valence-electron chi connectivity index (χ3n) is 3.54. The standard InChI is InChI=1S/C17H14F6N2OS/c18-16(19,20)12-8-13(17(21,22)23)10-14(9-12)25(27)15(26)24-7-6-11-4-2-1-3-5-11/h1-5,8-10,27H,6-7H2,(H,24,26). The van der Waals surface area contributed by atoms with Crippen LogP contribution in [0.3, 0.4) is 0 Å². The Morgan fingerprint density at radius 1 is 0.926 bits per heavy atom. The van der Waals surface area contributed by atoms with E-state index in [-0.39, 0.29) is 12.6 Å². The quantitative estimate of drug-likeness (QED) is 0.520. The van der Waals surface area contributed by atoms with Crippen LogP contribution in [0.25, 0.3) is 0 Å². The topological polar surface area (TPSA) is 32.3 Å². The number of amides is 2. The van der Waals surface area contributed by atoms with Crippen LogP contribution in [0.15, 0.2) is 48.5 Å². The van der Waals surface area contributed by atoms with Crippen molar-refractivity contribution in [2.75, 3.05) is 10.8 Å². The lowest BCUT2D eigenvalue weighted by molar-refractivity contribution is -0.143. The van der Waals surface area contributed by atoms with E-state index in [4.69, 9.17) is 0 Å². The first-order chi connectivity index (χ1) is 12.5. The first-order valence-corrected chi connectivity index (χ1v) is 7.99. The summed E-state index contributed by atoms with van der Waals surface area (Å²) in [5.74, 6) is 0. The number of rotatable bonds is 4. The highest BCUT2D eigenvalue weighted by atomic mass is 32.1. The Hall–Kier alpha value is -2.36. The van der Waals surface area contributed by atoms with Crippen molar-refractivity contribution < 1.29 is 31.1 Å². The third kappa shape index (κ3) is 5.81. The first-order valence-electron chi connectivity index (χ1n) is 7.59. The van der Waals surface area contributed by atoms with E-state index in [2.05, 4.69) is 18.1 Å². The molecule has 0 radical (unpaired) electrons. The highest BCUT2D eigenvalue weighted by Crippen LogP contribution is 2.38. The predicted molar refractivity (Wildman–Crippen MR) is 91.5 cm³/mol. The molecular weight excluding hydrogens is 394 g/mol. The zero-order valence-electron chi connectivity index (χ0n) is 13.6. The van der Waals surface area contributed by atoms with Crippen molar-refractivity contribution in [2.24, 2.45) is 0 Å². The van der Waals surface area contributed by atoms with Crippen molar-refractivity contribution in [3.05, 3.63) is 65.2 Å². The van der Waals surface area contributed by atoms with Crippen LogP contribution in [0.1, 0.15) is 16.7 Å². The van der Waals surface area contributed by atoms with Gasteiger partial charge in [-0.05, 0) is 30.2 Å². The Balaban J connectivity index is 2.16. The van der Waals surface area contributed by atoms with Crippen LogP contribution in [0.4, 0.5) is 36.8 Å². The summed E-state index contributed by atoms with van der Waals surface area (Å²) in [6, 6.07) is 8.92. The van der Waals surface area contributed by atoms with Crippen LogP contribution in [-0.2, 0) is 18.8 Å². The summed E-state index contributed by atoms with van der Waals surface area (Å²) in [6.07, 6.45) is -9.58. The molecule has 0 unspecified atom stereocenters. The van der Waals surface area contributed by atoms with Crippen LogP contribution in [0, 0.1) is 0 Å². The number of urea groups is 1. The number of nitrogens with zero attached hydrogens (tertiary/aromatic N) is 1. The molecule has 2 aromatic rings. The number of hydrogen-bond acceptors (Lipinski definition) is 2. The molecule has 0 aliphatic heterocycles. The minimum Gasteiger partial charge on any atom is -0.337 e. The average Bonchev–Trinajstić information content (AvgIpc) is 2.60. The van der Waals surface area contributed by atoms with Gasteiger partial charge in [-0.1, -0.05) is 43.1 Å². The largest absolute Gasteiger partial charge is 0.416 e. The molecule has 0 aliphatic carbocycles. The van der Waals surface area contributed by atoms with E-state index in [0.29, 0.717) is 22.9 Å². The highest BCUT2D eigenvalue weighted by Gasteiger charge is 2.37. The molecule has 146 valence electrons. The fourth-order valence-corrected chi connectivity index (χ4v) is 2.40. The van der Waals surface area contributed by atoms with Gasteiger partial charge in [-0.3, -0.25) is 0 Å². The number of carbonyl (C=O) groups excluding carboxylic acids is 1. The fourth-order valence-electron chi connectivity index (χ4n) is 2.21. The van der Waals surface area contributed by atoms with Crippen molar-refractivity contribution in [1.82, 2.24) is 5.32 Å². The first kappa shape index (κ1) is 20.9. The van der Waals surface area contributed by atoms with Gasteiger partial charge in [0, 0.05) is 6.54 Å². The molecule has 0 bridgehead atoms. The molecule has 0 atom stereocenters. The monoisotopic (exact) mass is 408 g/mol. The summed E-state index contributed by atoms with van der Waals surface area (Å²) in [5.41, 5.74) is -2.79. The molecule has 0 aromatic heterocycles. The van der Waals surface area contributed by atoms with Gasteiger partial charge in [-0.2, -0.15) is 26.3 Å². The molecule has 3 nitrogen and oxygen atoms in total. The van der Waals surface area contributed by atoms with Gasteiger partial charge < -0.3 is 5.32 Å². The van der Waals surface area contributed by atoms with Gasteiger partial charge in [0.25, 0.3) is 0 Å². The lowest BCUT2D eigenvalue weighted by Crippen LogP contribution is -2.35. The van der Waals surface area contributed by atoms with Gasteiger partial charge in [0.2, 0.25) is 0 Å². The Bertz CT molecular complexity index is 760. The van der Waals surface area contributed by atoms with Crippen LogP contribution in [0.5, 0.6) is 0 Å². The van der Waals surface area contributed by atoms with Crippen molar-refractivity contribution >= 4 is 24.5 Å².